The molecule has 4 rings (SSSR count). The largest absolute Gasteiger partial charge is 0.495 e. The molecule has 6 nitrogen and oxygen atoms in total. The monoisotopic (exact) mass is 407 g/mol. The third-order valence-corrected chi connectivity index (χ3v) is 6.02. The van der Waals surface area contributed by atoms with Crippen molar-refractivity contribution in [3.63, 3.8) is 0 Å². The van der Waals surface area contributed by atoms with Crippen LogP contribution in [0.15, 0.2) is 42.5 Å². The molecule has 0 aliphatic carbocycles. The minimum absolute atomic E-state index is 0.141. The van der Waals surface area contributed by atoms with Gasteiger partial charge in [-0.05, 0) is 55.0 Å². The van der Waals surface area contributed by atoms with Gasteiger partial charge in [-0.3, -0.25) is 14.5 Å². The maximum absolute atomic E-state index is 13.2. The fourth-order valence-electron chi connectivity index (χ4n) is 4.43. The third-order valence-electron chi connectivity index (χ3n) is 6.02. The van der Waals surface area contributed by atoms with Crippen LogP contribution in [-0.2, 0) is 22.6 Å². The minimum atomic E-state index is -0.303. The molecular weight excluding hydrogens is 378 g/mol. The van der Waals surface area contributed by atoms with Crippen LogP contribution in [0.5, 0.6) is 5.75 Å². The van der Waals surface area contributed by atoms with Gasteiger partial charge in [-0.2, -0.15) is 0 Å². The third kappa shape index (κ3) is 4.33. The Labute approximate surface area is 177 Å². The number of likely N-dealkylation sites (tertiary alicyclic amines) is 1. The molecule has 1 saturated heterocycles. The molecule has 1 fully saturated rings. The Hall–Kier alpha value is -2.86. The molecule has 2 aromatic carbocycles. The predicted molar refractivity (Wildman–Crippen MR) is 117 cm³/mol. The van der Waals surface area contributed by atoms with Crippen LogP contribution in [0.4, 0.5) is 5.69 Å². The van der Waals surface area contributed by atoms with E-state index in [-0.39, 0.29) is 24.4 Å². The Morgan fingerprint density at radius 1 is 1.10 bits per heavy atom. The molecule has 0 aromatic heterocycles. The minimum Gasteiger partial charge on any atom is -0.495 e. The number of hydrogen-bond acceptors (Lipinski definition) is 4. The van der Waals surface area contributed by atoms with E-state index in [1.165, 1.54) is 11.1 Å². The molecule has 2 heterocycles. The van der Waals surface area contributed by atoms with Gasteiger partial charge in [0.25, 0.3) is 0 Å². The van der Waals surface area contributed by atoms with Crippen LogP contribution in [-0.4, -0.2) is 54.4 Å². The number of carbonyl (C=O) groups is 2. The number of ether oxygens (including phenoxy) is 1. The van der Waals surface area contributed by atoms with Crippen molar-refractivity contribution in [2.75, 3.05) is 32.1 Å². The van der Waals surface area contributed by atoms with Crippen molar-refractivity contribution in [2.24, 2.45) is 0 Å². The van der Waals surface area contributed by atoms with E-state index in [4.69, 9.17) is 4.74 Å². The average molecular weight is 408 g/mol. The summed E-state index contributed by atoms with van der Waals surface area (Å²) in [6.45, 7) is 4.37. The standard InChI is InChI=1S/C24H29N3O3/c1-17-9-10-22(30-2)20(13-17)25-23(28)16-27-15-19-8-4-3-7-18(19)14-21(27)24(29)26-11-5-6-12-26/h3-4,7-10,13,21H,5-6,11-12,14-16H2,1-2H3,(H,25,28)/t21-/m1/s1. The number of nitrogens with one attached hydrogen (secondary N) is 1. The number of carbonyl (C=O) groups excluding carboxylic acids is 2. The lowest BCUT2D eigenvalue weighted by Gasteiger charge is -2.37. The summed E-state index contributed by atoms with van der Waals surface area (Å²) in [7, 11) is 1.59. The van der Waals surface area contributed by atoms with Gasteiger partial charge >= 0.3 is 0 Å². The number of amides is 2. The number of fused-ring (bicyclic) bond motifs is 1. The maximum Gasteiger partial charge on any atom is 0.240 e. The SMILES string of the molecule is COc1ccc(C)cc1NC(=O)CN1Cc2ccccc2C[C@@H]1C(=O)N1CCCC1. The Morgan fingerprint density at radius 3 is 2.57 bits per heavy atom. The van der Waals surface area contributed by atoms with Crippen LogP contribution in [0.2, 0.25) is 0 Å². The van der Waals surface area contributed by atoms with Gasteiger partial charge < -0.3 is 15.0 Å². The summed E-state index contributed by atoms with van der Waals surface area (Å²) in [5.41, 5.74) is 4.08. The summed E-state index contributed by atoms with van der Waals surface area (Å²) in [6.07, 6.45) is 2.76. The fraction of sp³-hybridized carbons (Fsp3) is 0.417. The van der Waals surface area contributed by atoms with Crippen molar-refractivity contribution in [2.45, 2.75) is 38.8 Å². The molecule has 0 bridgehead atoms. The Kier molecular flexibility index (Phi) is 6.04. The molecule has 1 atom stereocenters. The molecular formula is C24H29N3O3. The Balaban J connectivity index is 1.53. The van der Waals surface area contributed by atoms with E-state index in [0.29, 0.717) is 24.4 Å². The van der Waals surface area contributed by atoms with E-state index in [2.05, 4.69) is 17.4 Å². The van der Waals surface area contributed by atoms with Gasteiger partial charge in [0, 0.05) is 19.6 Å². The Bertz CT molecular complexity index is 937. The van der Waals surface area contributed by atoms with Gasteiger partial charge in [-0.1, -0.05) is 30.3 Å². The Morgan fingerprint density at radius 2 is 1.83 bits per heavy atom. The molecule has 2 aliphatic heterocycles. The zero-order chi connectivity index (χ0) is 21.1. The summed E-state index contributed by atoms with van der Waals surface area (Å²) >= 11 is 0. The van der Waals surface area contributed by atoms with E-state index in [9.17, 15) is 9.59 Å². The summed E-state index contributed by atoms with van der Waals surface area (Å²) in [4.78, 5) is 30.1. The number of rotatable bonds is 5. The van der Waals surface area contributed by atoms with Gasteiger partial charge in [-0.25, -0.2) is 0 Å². The maximum atomic E-state index is 13.2. The number of nitrogens with zero attached hydrogens (tertiary/aromatic N) is 2. The van der Waals surface area contributed by atoms with Crippen LogP contribution in [0, 0.1) is 6.92 Å². The molecule has 6 heteroatoms. The van der Waals surface area contributed by atoms with Crippen LogP contribution >= 0.6 is 0 Å². The molecule has 0 radical (unpaired) electrons. The van der Waals surface area contributed by atoms with Crippen LogP contribution in [0.25, 0.3) is 0 Å². The lowest BCUT2D eigenvalue weighted by atomic mass is 9.93. The molecule has 0 spiro atoms. The van der Waals surface area contributed by atoms with E-state index >= 15 is 0 Å². The normalized spacial score (nSPS) is 18.7. The second-order valence-electron chi connectivity index (χ2n) is 8.18. The smallest absolute Gasteiger partial charge is 0.240 e. The highest BCUT2D eigenvalue weighted by molar-refractivity contribution is 5.94. The van der Waals surface area contributed by atoms with E-state index in [1.807, 2.05) is 47.1 Å². The average Bonchev–Trinajstić information content (AvgIpc) is 3.28. The van der Waals surface area contributed by atoms with E-state index < -0.39 is 0 Å². The van der Waals surface area contributed by atoms with Crippen LogP contribution < -0.4 is 10.1 Å². The van der Waals surface area contributed by atoms with Crippen molar-refractivity contribution in [1.82, 2.24) is 9.80 Å². The molecule has 30 heavy (non-hydrogen) atoms. The van der Waals surface area contributed by atoms with Crippen LogP contribution in [0.3, 0.4) is 0 Å². The van der Waals surface area contributed by atoms with Crippen molar-refractivity contribution >= 4 is 17.5 Å². The first-order valence-corrected chi connectivity index (χ1v) is 10.6. The summed E-state index contributed by atoms with van der Waals surface area (Å²) < 4.78 is 5.38. The van der Waals surface area contributed by atoms with Gasteiger partial charge in [0.2, 0.25) is 11.8 Å². The first-order chi connectivity index (χ1) is 14.5. The molecule has 2 aromatic rings. The van der Waals surface area contributed by atoms with E-state index in [0.717, 1.165) is 31.5 Å². The molecule has 2 aliphatic rings. The molecule has 2 amide bonds. The number of aryl methyl sites for hydroxylation is 1. The first kappa shape index (κ1) is 20.4. The number of benzene rings is 2. The van der Waals surface area contributed by atoms with Gasteiger partial charge in [-0.15, -0.1) is 0 Å². The summed E-state index contributed by atoms with van der Waals surface area (Å²) in [5.74, 6) is 0.628. The number of methoxy groups -OCH3 is 1. The topological polar surface area (TPSA) is 61.9 Å². The van der Waals surface area contributed by atoms with Crippen LogP contribution in [0.1, 0.15) is 29.5 Å². The lowest BCUT2D eigenvalue weighted by molar-refractivity contribution is -0.137. The zero-order valence-corrected chi connectivity index (χ0v) is 17.7. The number of anilines is 1. The predicted octanol–water partition coefficient (Wildman–Crippen LogP) is 2.99. The van der Waals surface area contributed by atoms with Gasteiger partial charge in [0.05, 0.1) is 25.4 Å². The molecule has 158 valence electrons. The van der Waals surface area contributed by atoms with E-state index in [1.54, 1.807) is 7.11 Å². The highest BCUT2D eigenvalue weighted by atomic mass is 16.5. The quantitative estimate of drug-likeness (QED) is 0.828. The molecule has 1 N–H and O–H groups in total. The van der Waals surface area contributed by atoms with Gasteiger partial charge in [0.15, 0.2) is 0 Å². The molecule has 0 unspecified atom stereocenters. The lowest BCUT2D eigenvalue weighted by Crippen LogP contribution is -2.52. The van der Waals surface area contributed by atoms with Crippen molar-refractivity contribution in [3.05, 3.63) is 59.2 Å². The number of hydrogen-bond donors (Lipinski definition) is 1. The first-order valence-electron chi connectivity index (χ1n) is 10.6. The molecule has 0 saturated carbocycles. The summed E-state index contributed by atoms with van der Waals surface area (Å²) in [5, 5.41) is 2.97. The van der Waals surface area contributed by atoms with Gasteiger partial charge in [0.1, 0.15) is 5.75 Å². The fourth-order valence-corrected chi connectivity index (χ4v) is 4.43. The summed E-state index contributed by atoms with van der Waals surface area (Å²) in [6, 6.07) is 13.6. The highest BCUT2D eigenvalue weighted by Gasteiger charge is 2.35. The van der Waals surface area contributed by atoms with Crippen molar-refractivity contribution < 1.29 is 14.3 Å². The second kappa shape index (κ2) is 8.88. The highest BCUT2D eigenvalue weighted by Crippen LogP contribution is 2.27. The zero-order valence-electron chi connectivity index (χ0n) is 17.7. The van der Waals surface area contributed by atoms with Crippen molar-refractivity contribution in [1.29, 1.82) is 0 Å². The van der Waals surface area contributed by atoms with Crippen molar-refractivity contribution in [3.8, 4) is 5.75 Å². The second-order valence-corrected chi connectivity index (χ2v) is 8.18.